The van der Waals surface area contributed by atoms with Crippen LogP contribution in [0.2, 0.25) is 0 Å². The van der Waals surface area contributed by atoms with Crippen molar-refractivity contribution in [3.63, 3.8) is 0 Å². The van der Waals surface area contributed by atoms with E-state index in [1.165, 1.54) is 28.9 Å². The van der Waals surface area contributed by atoms with E-state index in [0.717, 1.165) is 31.5 Å². The van der Waals surface area contributed by atoms with Crippen LogP contribution in [0.15, 0.2) is 36.5 Å². The van der Waals surface area contributed by atoms with Crippen LogP contribution in [-0.2, 0) is 11.3 Å². The molecule has 4 heteroatoms. The van der Waals surface area contributed by atoms with E-state index in [1.807, 2.05) is 24.0 Å². The smallest absolute Gasteiger partial charge is 0.0795 e. The van der Waals surface area contributed by atoms with E-state index >= 15 is 0 Å². The fourth-order valence-electron chi connectivity index (χ4n) is 3.63. The van der Waals surface area contributed by atoms with Crippen LogP contribution in [0.1, 0.15) is 24.8 Å². The summed E-state index contributed by atoms with van der Waals surface area (Å²) in [5.41, 5.74) is 2.56. The van der Waals surface area contributed by atoms with Gasteiger partial charge in [0.05, 0.1) is 11.1 Å². The molecule has 3 nitrogen and oxygen atoms in total. The number of hydrogen-bond donors (Lipinski definition) is 1. The molecule has 1 aromatic carbocycles. The Hall–Kier alpha value is -1.10. The minimum Gasteiger partial charge on any atom is -0.374 e. The number of nitrogens with zero attached hydrogens (tertiary/aromatic N) is 1. The van der Waals surface area contributed by atoms with Crippen LogP contribution in [0.25, 0.3) is 10.9 Å². The number of aromatic nitrogens is 1. The maximum Gasteiger partial charge on any atom is 0.0795 e. The summed E-state index contributed by atoms with van der Waals surface area (Å²) < 4.78 is 6.11. The van der Waals surface area contributed by atoms with Crippen LogP contribution in [-0.4, -0.2) is 34.7 Å². The monoisotopic (exact) mass is 314 g/mol. The van der Waals surface area contributed by atoms with E-state index < -0.39 is 0 Å². The minimum absolute atomic E-state index is 0.150. The highest BCUT2D eigenvalue weighted by Gasteiger charge is 2.40. The van der Waals surface area contributed by atoms with Crippen LogP contribution < -0.4 is 5.32 Å². The molecule has 22 heavy (non-hydrogen) atoms. The van der Waals surface area contributed by atoms with Crippen molar-refractivity contribution < 1.29 is 4.74 Å². The summed E-state index contributed by atoms with van der Waals surface area (Å²) in [4.78, 5) is 4.55. The summed E-state index contributed by atoms with van der Waals surface area (Å²) in [7, 11) is 0. The number of fused-ring (bicyclic) bond motifs is 1. The van der Waals surface area contributed by atoms with Crippen molar-refractivity contribution in [2.45, 2.75) is 37.5 Å². The zero-order chi connectivity index (χ0) is 14.8. The molecule has 2 aromatic rings. The first kappa shape index (κ1) is 14.5. The number of pyridine rings is 1. The summed E-state index contributed by atoms with van der Waals surface area (Å²) >= 11 is 2.04. The zero-order valence-corrected chi connectivity index (χ0v) is 13.6. The average molecular weight is 314 g/mol. The number of ether oxygens (including phenoxy) is 1. The van der Waals surface area contributed by atoms with E-state index in [1.54, 1.807) is 0 Å². The van der Waals surface area contributed by atoms with Gasteiger partial charge in [-0.05, 0) is 36.6 Å². The van der Waals surface area contributed by atoms with E-state index in [-0.39, 0.29) is 5.60 Å². The van der Waals surface area contributed by atoms with Gasteiger partial charge in [0.15, 0.2) is 0 Å². The topological polar surface area (TPSA) is 34.2 Å². The second kappa shape index (κ2) is 6.19. The lowest BCUT2D eigenvalue weighted by Crippen LogP contribution is -2.47. The number of hydrogen-bond acceptors (Lipinski definition) is 4. The standard InChI is InChI=1S/C18H22N2OS/c1-3-14-5-2-8-19-17(14)15(4-1)12-20-16-6-9-21-18(11-16)7-10-22-13-18/h1-5,8,16,20H,6-7,9-13H2/t16-,18+/m1/s1. The van der Waals surface area contributed by atoms with Gasteiger partial charge in [-0.3, -0.25) is 4.98 Å². The summed E-state index contributed by atoms with van der Waals surface area (Å²) in [6.07, 6.45) is 5.36. The molecule has 1 N–H and O–H groups in total. The zero-order valence-electron chi connectivity index (χ0n) is 12.8. The number of rotatable bonds is 3. The lowest BCUT2D eigenvalue weighted by Gasteiger charge is -2.38. The molecular formula is C18H22N2OS. The number of thioether (sulfide) groups is 1. The molecule has 0 radical (unpaired) electrons. The molecule has 0 saturated carbocycles. The van der Waals surface area contributed by atoms with Crippen LogP contribution in [0.5, 0.6) is 0 Å². The van der Waals surface area contributed by atoms with Crippen molar-refractivity contribution in [2.24, 2.45) is 0 Å². The first-order valence-electron chi connectivity index (χ1n) is 8.12. The predicted molar refractivity (Wildman–Crippen MR) is 92.2 cm³/mol. The highest BCUT2D eigenvalue weighted by Crippen LogP contribution is 2.38. The Kier molecular flexibility index (Phi) is 4.07. The number of benzene rings is 1. The fourth-order valence-corrected chi connectivity index (χ4v) is 5.01. The number of para-hydroxylation sites is 1. The Balaban J connectivity index is 1.45. The van der Waals surface area contributed by atoms with Crippen LogP contribution in [0.3, 0.4) is 0 Å². The first-order valence-corrected chi connectivity index (χ1v) is 9.28. The van der Waals surface area contributed by atoms with Gasteiger partial charge in [0.1, 0.15) is 0 Å². The van der Waals surface area contributed by atoms with Crippen molar-refractivity contribution in [2.75, 3.05) is 18.1 Å². The van der Waals surface area contributed by atoms with Gasteiger partial charge < -0.3 is 10.1 Å². The quantitative estimate of drug-likeness (QED) is 0.942. The molecule has 3 heterocycles. The normalized spacial score (nSPS) is 28.5. The lowest BCUT2D eigenvalue weighted by atomic mass is 9.90. The van der Waals surface area contributed by atoms with E-state index in [9.17, 15) is 0 Å². The van der Waals surface area contributed by atoms with Gasteiger partial charge in [0.2, 0.25) is 0 Å². The second-order valence-electron chi connectivity index (χ2n) is 6.40. The van der Waals surface area contributed by atoms with Crippen molar-refractivity contribution in [1.82, 2.24) is 10.3 Å². The van der Waals surface area contributed by atoms with Crippen molar-refractivity contribution in [1.29, 1.82) is 0 Å². The summed E-state index contributed by atoms with van der Waals surface area (Å²) in [5.74, 6) is 2.42. The van der Waals surface area contributed by atoms with Crippen molar-refractivity contribution >= 4 is 22.7 Å². The minimum atomic E-state index is 0.150. The largest absolute Gasteiger partial charge is 0.374 e. The summed E-state index contributed by atoms with van der Waals surface area (Å²) in [5, 5.41) is 4.97. The Bertz CT molecular complexity index is 649. The molecule has 0 bridgehead atoms. The number of nitrogens with one attached hydrogen (secondary N) is 1. The molecule has 2 aliphatic heterocycles. The third kappa shape index (κ3) is 2.87. The molecule has 1 spiro atoms. The molecule has 2 aliphatic rings. The van der Waals surface area contributed by atoms with Crippen LogP contribution in [0, 0.1) is 0 Å². The van der Waals surface area contributed by atoms with Gasteiger partial charge in [-0.25, -0.2) is 0 Å². The Labute approximate surface area is 135 Å². The predicted octanol–water partition coefficient (Wildman–Crippen LogP) is 3.38. The van der Waals surface area contributed by atoms with Gasteiger partial charge in [0.25, 0.3) is 0 Å². The third-order valence-corrected chi connectivity index (χ3v) is 6.08. The molecule has 4 rings (SSSR count). The van der Waals surface area contributed by atoms with Gasteiger partial charge in [-0.15, -0.1) is 0 Å². The Morgan fingerprint density at radius 3 is 3.18 bits per heavy atom. The first-order chi connectivity index (χ1) is 10.8. The molecule has 2 fully saturated rings. The van der Waals surface area contributed by atoms with Gasteiger partial charge in [-0.2, -0.15) is 11.8 Å². The van der Waals surface area contributed by atoms with Crippen molar-refractivity contribution in [3.8, 4) is 0 Å². The molecule has 116 valence electrons. The highest BCUT2D eigenvalue weighted by molar-refractivity contribution is 7.99. The van der Waals surface area contributed by atoms with Gasteiger partial charge in [0, 0.05) is 36.5 Å². The Morgan fingerprint density at radius 2 is 2.27 bits per heavy atom. The summed E-state index contributed by atoms with van der Waals surface area (Å²) in [6.45, 7) is 1.79. The van der Waals surface area contributed by atoms with Crippen molar-refractivity contribution in [3.05, 3.63) is 42.1 Å². The molecule has 0 amide bonds. The molecule has 2 saturated heterocycles. The molecule has 1 aromatic heterocycles. The third-order valence-electron chi connectivity index (χ3n) is 4.86. The molecule has 0 unspecified atom stereocenters. The second-order valence-corrected chi connectivity index (χ2v) is 7.50. The maximum atomic E-state index is 6.11. The fraction of sp³-hybridized carbons (Fsp3) is 0.500. The molecule has 0 aliphatic carbocycles. The summed E-state index contributed by atoms with van der Waals surface area (Å²) in [6, 6.07) is 11.1. The van der Waals surface area contributed by atoms with E-state index in [2.05, 4.69) is 34.6 Å². The average Bonchev–Trinajstić information content (AvgIpc) is 3.00. The lowest BCUT2D eigenvalue weighted by molar-refractivity contribution is -0.0702. The van der Waals surface area contributed by atoms with Gasteiger partial charge in [-0.1, -0.05) is 24.3 Å². The van der Waals surface area contributed by atoms with E-state index in [4.69, 9.17) is 4.74 Å². The van der Waals surface area contributed by atoms with E-state index in [0.29, 0.717) is 6.04 Å². The molecular weight excluding hydrogens is 292 g/mol. The van der Waals surface area contributed by atoms with Gasteiger partial charge >= 0.3 is 0 Å². The van der Waals surface area contributed by atoms with Crippen LogP contribution in [0.4, 0.5) is 0 Å². The molecule has 2 atom stereocenters. The Morgan fingerprint density at radius 1 is 1.32 bits per heavy atom. The maximum absolute atomic E-state index is 6.11. The highest BCUT2D eigenvalue weighted by atomic mass is 32.2. The van der Waals surface area contributed by atoms with Crippen LogP contribution >= 0.6 is 11.8 Å². The SMILES string of the molecule is c1cnc2c(CN[C@@H]3CCO[C@@]4(CCSC4)C3)cccc2c1.